The Morgan fingerprint density at radius 2 is 1.64 bits per heavy atom. The van der Waals surface area contributed by atoms with Crippen LogP contribution in [0.3, 0.4) is 0 Å². The molecule has 144 valence electrons. The zero-order valence-corrected chi connectivity index (χ0v) is 17.9. The monoisotopic (exact) mass is 388 g/mol. The van der Waals surface area contributed by atoms with E-state index >= 15 is 0 Å². The highest BCUT2D eigenvalue weighted by Crippen LogP contribution is 2.58. The van der Waals surface area contributed by atoms with E-state index in [0.29, 0.717) is 6.42 Å². The first-order valence-electron chi connectivity index (χ1n) is 8.71. The standard InChI is InChI=1S/C19H32O4S2/c1-7-8-9-10-17(20)15-24(6,19(3,4)5)23-25(21,22)18-13-11-16(2)12-14-18/h11-14H,7-10,15H2,1-6H3. The lowest BCUT2D eigenvalue weighted by Crippen LogP contribution is -2.33. The predicted molar refractivity (Wildman–Crippen MR) is 107 cm³/mol. The number of rotatable bonds is 9. The molecule has 25 heavy (non-hydrogen) atoms. The Morgan fingerprint density at radius 1 is 1.08 bits per heavy atom. The van der Waals surface area contributed by atoms with Crippen molar-refractivity contribution in [2.75, 3.05) is 12.0 Å². The molecule has 1 unspecified atom stereocenters. The van der Waals surface area contributed by atoms with Gasteiger partial charge in [-0.25, -0.2) is 3.63 Å². The first-order chi connectivity index (χ1) is 11.4. The number of carbonyl (C=O) groups is 1. The van der Waals surface area contributed by atoms with Crippen LogP contribution in [0.4, 0.5) is 0 Å². The summed E-state index contributed by atoms with van der Waals surface area (Å²) in [6.45, 7) is 9.80. The summed E-state index contributed by atoms with van der Waals surface area (Å²) in [5.41, 5.74) is 0.982. The molecule has 0 spiro atoms. The van der Waals surface area contributed by atoms with E-state index in [1.54, 1.807) is 30.5 Å². The minimum absolute atomic E-state index is 0.0833. The number of ketones is 1. The second-order valence-corrected chi connectivity index (χ2v) is 13.0. The molecule has 0 saturated carbocycles. The van der Waals surface area contributed by atoms with Crippen LogP contribution in [-0.2, 0) is 18.5 Å². The Bertz CT molecular complexity index is 672. The predicted octanol–water partition coefficient (Wildman–Crippen LogP) is 5.00. The second kappa shape index (κ2) is 8.69. The topological polar surface area (TPSA) is 60.4 Å². The normalized spacial score (nSPS) is 16.2. The molecule has 1 aromatic carbocycles. The van der Waals surface area contributed by atoms with Gasteiger partial charge < -0.3 is 0 Å². The molecule has 1 aromatic rings. The van der Waals surface area contributed by atoms with E-state index in [0.717, 1.165) is 24.8 Å². The maximum absolute atomic E-state index is 12.7. The van der Waals surface area contributed by atoms with E-state index in [1.807, 2.05) is 27.7 Å². The molecule has 0 aromatic heterocycles. The van der Waals surface area contributed by atoms with Crippen molar-refractivity contribution in [2.24, 2.45) is 0 Å². The van der Waals surface area contributed by atoms with Gasteiger partial charge in [0.15, 0.2) is 0 Å². The average molecular weight is 389 g/mol. The van der Waals surface area contributed by atoms with Gasteiger partial charge in [0.05, 0.1) is 10.6 Å². The van der Waals surface area contributed by atoms with Crippen LogP contribution < -0.4 is 0 Å². The average Bonchev–Trinajstić information content (AvgIpc) is 2.46. The zero-order chi connectivity index (χ0) is 19.3. The SMILES string of the molecule is CCCCCC(=O)CS(C)(OS(=O)(=O)c1ccc(C)cc1)C(C)(C)C. The number of unbranched alkanes of at least 4 members (excludes halogenated alkanes) is 2. The zero-order valence-electron chi connectivity index (χ0n) is 16.3. The quantitative estimate of drug-likeness (QED) is 0.559. The van der Waals surface area contributed by atoms with Crippen LogP contribution in [0, 0.1) is 6.92 Å². The molecule has 0 N–H and O–H groups in total. The van der Waals surface area contributed by atoms with Gasteiger partial charge in [0.1, 0.15) is 5.78 Å². The lowest BCUT2D eigenvalue weighted by molar-refractivity contribution is -0.116. The van der Waals surface area contributed by atoms with Crippen molar-refractivity contribution in [1.29, 1.82) is 0 Å². The van der Waals surface area contributed by atoms with Crippen molar-refractivity contribution >= 4 is 26.2 Å². The Hall–Kier alpha value is -0.850. The summed E-state index contributed by atoms with van der Waals surface area (Å²) in [5, 5.41) is 0. The molecule has 0 aliphatic heterocycles. The molecule has 0 heterocycles. The third-order valence-corrected chi connectivity index (χ3v) is 10.6. The van der Waals surface area contributed by atoms with Crippen LogP contribution in [0.25, 0.3) is 0 Å². The molecule has 6 heteroatoms. The summed E-state index contributed by atoms with van der Waals surface area (Å²) in [6.07, 6.45) is 5.20. The first-order valence-corrected chi connectivity index (χ1v) is 12.3. The van der Waals surface area contributed by atoms with Crippen molar-refractivity contribution in [3.05, 3.63) is 29.8 Å². The molecule has 0 aliphatic rings. The minimum atomic E-state index is -3.90. The van der Waals surface area contributed by atoms with Crippen LogP contribution in [-0.4, -0.2) is 31.0 Å². The molecule has 1 rings (SSSR count). The molecule has 0 saturated heterocycles. The Kier molecular flexibility index (Phi) is 7.71. The second-order valence-electron chi connectivity index (χ2n) is 7.59. The van der Waals surface area contributed by atoms with Gasteiger partial charge in [-0.05, 0) is 31.7 Å². The molecule has 0 fully saturated rings. The first kappa shape index (κ1) is 22.2. The van der Waals surface area contributed by atoms with E-state index in [2.05, 4.69) is 6.92 Å². The number of aryl methyl sites for hydroxylation is 1. The molecule has 0 aliphatic carbocycles. The molecule has 1 atom stereocenters. The van der Waals surface area contributed by atoms with Gasteiger partial charge in [0.25, 0.3) is 0 Å². The van der Waals surface area contributed by atoms with E-state index in [9.17, 15) is 13.2 Å². The third kappa shape index (κ3) is 6.42. The Morgan fingerprint density at radius 3 is 2.12 bits per heavy atom. The maximum atomic E-state index is 12.7. The number of hydrogen-bond donors (Lipinski definition) is 0. The lowest BCUT2D eigenvalue weighted by Gasteiger charge is -2.45. The van der Waals surface area contributed by atoms with Gasteiger partial charge in [0.2, 0.25) is 0 Å². The highest BCUT2D eigenvalue weighted by Gasteiger charge is 2.40. The molecule has 0 bridgehead atoms. The fourth-order valence-electron chi connectivity index (χ4n) is 2.24. The van der Waals surface area contributed by atoms with E-state index < -0.39 is 25.2 Å². The maximum Gasteiger partial charge on any atom is 0.306 e. The van der Waals surface area contributed by atoms with Crippen molar-refractivity contribution in [3.8, 4) is 0 Å². The summed E-state index contributed by atoms with van der Waals surface area (Å²) in [7, 11) is -6.05. The van der Waals surface area contributed by atoms with Gasteiger partial charge in [0, 0.05) is 11.2 Å². The van der Waals surface area contributed by atoms with Gasteiger partial charge in [-0.3, -0.25) is 4.79 Å². The van der Waals surface area contributed by atoms with E-state index in [4.69, 9.17) is 3.63 Å². The van der Waals surface area contributed by atoms with Crippen molar-refractivity contribution in [1.82, 2.24) is 0 Å². The summed E-state index contributed by atoms with van der Waals surface area (Å²) < 4.78 is 30.8. The largest absolute Gasteiger partial charge is 0.306 e. The van der Waals surface area contributed by atoms with Gasteiger partial charge >= 0.3 is 10.1 Å². The van der Waals surface area contributed by atoms with Gasteiger partial charge in [-0.15, -0.1) is 10.3 Å². The van der Waals surface area contributed by atoms with Crippen LogP contribution in [0.5, 0.6) is 0 Å². The number of carbonyl (C=O) groups excluding carboxylic acids is 1. The third-order valence-electron chi connectivity index (χ3n) is 4.34. The van der Waals surface area contributed by atoms with Gasteiger partial charge in [-0.2, -0.15) is 8.42 Å². The molecule has 0 radical (unpaired) electrons. The van der Waals surface area contributed by atoms with Crippen LogP contribution in [0.15, 0.2) is 29.2 Å². The lowest BCUT2D eigenvalue weighted by atomic mass is 10.2. The Labute approximate surface area is 155 Å². The molecular weight excluding hydrogens is 356 g/mol. The fraction of sp³-hybridized carbons (Fsp3) is 0.632. The van der Waals surface area contributed by atoms with Crippen LogP contribution >= 0.6 is 10.3 Å². The molecular formula is C19H32O4S2. The van der Waals surface area contributed by atoms with Crippen LogP contribution in [0.2, 0.25) is 0 Å². The highest BCUT2D eigenvalue weighted by atomic mass is 32.3. The van der Waals surface area contributed by atoms with Crippen LogP contribution in [0.1, 0.15) is 58.9 Å². The summed E-state index contributed by atoms with van der Waals surface area (Å²) in [6, 6.07) is 6.60. The number of hydrogen-bond acceptors (Lipinski definition) is 4. The van der Waals surface area contributed by atoms with Crippen molar-refractivity contribution in [3.63, 3.8) is 0 Å². The number of Topliss-reactive ketones (excluding diaryl/α,β-unsaturated/α-hetero) is 1. The minimum Gasteiger partial charge on any atom is -0.299 e. The van der Waals surface area contributed by atoms with E-state index in [-0.39, 0.29) is 16.4 Å². The molecule has 4 nitrogen and oxygen atoms in total. The smallest absolute Gasteiger partial charge is 0.299 e. The number of benzene rings is 1. The van der Waals surface area contributed by atoms with Crippen molar-refractivity contribution in [2.45, 2.75) is 69.9 Å². The summed E-state index contributed by atoms with van der Waals surface area (Å²) in [5.74, 6) is 0.255. The molecule has 0 amide bonds. The fourth-order valence-corrected chi connectivity index (χ4v) is 6.80. The van der Waals surface area contributed by atoms with E-state index in [1.165, 1.54) is 0 Å². The summed E-state index contributed by atoms with van der Waals surface area (Å²) >= 11 is 0. The van der Waals surface area contributed by atoms with Gasteiger partial charge in [-0.1, -0.05) is 58.2 Å². The summed E-state index contributed by atoms with van der Waals surface area (Å²) in [4.78, 5) is 12.5. The van der Waals surface area contributed by atoms with Crippen molar-refractivity contribution < 1.29 is 16.8 Å². The highest BCUT2D eigenvalue weighted by molar-refractivity contribution is 8.33. The Balaban J connectivity index is 3.02.